The molecule has 3 aromatic rings. The number of nitrogens with two attached hydrogens (primary N) is 1. The Morgan fingerprint density at radius 2 is 2.04 bits per heavy atom. The van der Waals surface area contributed by atoms with Gasteiger partial charge in [-0.05, 0) is 36.8 Å². The van der Waals surface area contributed by atoms with E-state index in [1.807, 2.05) is 24.3 Å². The second-order valence-corrected chi connectivity index (χ2v) is 6.36. The smallest absolute Gasteiger partial charge is 0.248 e. The normalized spacial score (nSPS) is 16.2. The van der Waals surface area contributed by atoms with Gasteiger partial charge in [-0.15, -0.1) is 5.10 Å². The van der Waals surface area contributed by atoms with Gasteiger partial charge in [-0.25, -0.2) is 4.68 Å². The van der Waals surface area contributed by atoms with Gasteiger partial charge in [-0.1, -0.05) is 23.7 Å². The molecule has 0 spiro atoms. The number of nitrogens with zero attached hydrogens (tertiary/aromatic N) is 4. The number of aromatic nitrogens is 4. The largest absolute Gasteiger partial charge is 0.366 e. The average Bonchev–Trinajstić information content (AvgIpc) is 3.05. The van der Waals surface area contributed by atoms with Crippen LogP contribution in [0.3, 0.4) is 0 Å². The fraction of sp³-hybridized carbons (Fsp3) is 0.111. The number of rotatable bonds is 3. The van der Waals surface area contributed by atoms with Gasteiger partial charge in [-0.3, -0.25) is 9.78 Å². The van der Waals surface area contributed by atoms with Crippen molar-refractivity contribution < 1.29 is 4.79 Å². The molecule has 1 atom stereocenters. The maximum Gasteiger partial charge on any atom is 0.248 e. The number of fused-ring (bicyclic) bond motifs is 1. The van der Waals surface area contributed by atoms with Gasteiger partial charge in [0.1, 0.15) is 6.04 Å². The third-order valence-corrected chi connectivity index (χ3v) is 4.48. The van der Waals surface area contributed by atoms with E-state index in [1.165, 1.54) is 0 Å². The first kappa shape index (κ1) is 16.3. The van der Waals surface area contributed by atoms with E-state index in [0.717, 1.165) is 11.1 Å². The van der Waals surface area contributed by atoms with Gasteiger partial charge >= 0.3 is 0 Å². The predicted molar refractivity (Wildman–Crippen MR) is 98.4 cm³/mol. The maximum atomic E-state index is 12.1. The van der Waals surface area contributed by atoms with Crippen LogP contribution in [0.4, 0.5) is 5.95 Å². The molecule has 8 heteroatoms. The second-order valence-electron chi connectivity index (χ2n) is 5.93. The fourth-order valence-electron chi connectivity index (χ4n) is 3.04. The number of hydrogen-bond donors (Lipinski definition) is 2. The number of benzene rings is 1. The molecule has 130 valence electrons. The molecule has 0 bridgehead atoms. The van der Waals surface area contributed by atoms with Crippen LogP contribution in [0.2, 0.25) is 5.02 Å². The molecule has 4 rings (SSSR count). The highest BCUT2D eigenvalue weighted by Crippen LogP contribution is 2.36. The van der Waals surface area contributed by atoms with Crippen molar-refractivity contribution in [3.63, 3.8) is 0 Å². The minimum atomic E-state index is -0.515. The Morgan fingerprint density at radius 1 is 1.27 bits per heavy atom. The van der Waals surface area contributed by atoms with E-state index in [9.17, 15) is 4.79 Å². The Kier molecular flexibility index (Phi) is 3.93. The monoisotopic (exact) mass is 366 g/mol. The molecule has 0 saturated carbocycles. The molecule has 26 heavy (non-hydrogen) atoms. The van der Waals surface area contributed by atoms with Crippen molar-refractivity contribution in [3.05, 3.63) is 70.6 Å². The number of primary amides is 1. The van der Waals surface area contributed by atoms with Crippen LogP contribution in [0.15, 0.2) is 60.1 Å². The average molecular weight is 367 g/mol. The highest BCUT2D eigenvalue weighted by Gasteiger charge is 2.33. The van der Waals surface area contributed by atoms with Crippen molar-refractivity contribution in [2.75, 3.05) is 5.32 Å². The van der Waals surface area contributed by atoms with Crippen LogP contribution in [-0.4, -0.2) is 25.7 Å². The minimum absolute atomic E-state index is 0.433. The zero-order valence-electron chi connectivity index (χ0n) is 13.8. The SMILES string of the molecule is CC1=C(C(N)=O)[C@@H](c2ccc(Cl)cc2)n2nc(-c3cccnc3)nc2N1. The van der Waals surface area contributed by atoms with Crippen molar-refractivity contribution in [2.24, 2.45) is 5.73 Å². The minimum Gasteiger partial charge on any atom is -0.366 e. The molecule has 0 unspecified atom stereocenters. The highest BCUT2D eigenvalue weighted by molar-refractivity contribution is 6.30. The topological polar surface area (TPSA) is 98.7 Å². The number of anilines is 1. The quantitative estimate of drug-likeness (QED) is 0.742. The Labute approximate surface area is 154 Å². The molecule has 1 aromatic carbocycles. The lowest BCUT2D eigenvalue weighted by Crippen LogP contribution is -2.31. The summed E-state index contributed by atoms with van der Waals surface area (Å²) in [5.74, 6) is 0.531. The van der Waals surface area contributed by atoms with E-state index < -0.39 is 11.9 Å². The Morgan fingerprint density at radius 3 is 2.69 bits per heavy atom. The standard InChI is InChI=1S/C18H15ClN6O/c1-10-14(16(20)26)15(11-4-6-13(19)7-5-11)25-18(22-10)23-17(24-25)12-3-2-8-21-9-12/h2-9,15H,1H3,(H2,20,26)(H,22,23,24)/t15-/m1/s1. The van der Waals surface area contributed by atoms with E-state index in [2.05, 4.69) is 20.4 Å². The highest BCUT2D eigenvalue weighted by atomic mass is 35.5. The molecule has 0 saturated heterocycles. The zero-order valence-corrected chi connectivity index (χ0v) is 14.6. The fourth-order valence-corrected chi connectivity index (χ4v) is 3.17. The second kappa shape index (κ2) is 6.27. The van der Waals surface area contributed by atoms with Crippen molar-refractivity contribution in [2.45, 2.75) is 13.0 Å². The van der Waals surface area contributed by atoms with E-state index >= 15 is 0 Å². The molecule has 1 aliphatic heterocycles. The summed E-state index contributed by atoms with van der Waals surface area (Å²) in [6.45, 7) is 1.80. The molecular weight excluding hydrogens is 352 g/mol. The summed E-state index contributed by atoms with van der Waals surface area (Å²) in [6.07, 6.45) is 3.37. The van der Waals surface area contributed by atoms with E-state index in [4.69, 9.17) is 17.3 Å². The number of hydrogen-bond acceptors (Lipinski definition) is 5. The molecule has 1 aliphatic rings. The lowest BCUT2D eigenvalue weighted by Gasteiger charge is -2.27. The molecule has 3 heterocycles. The number of amides is 1. The number of halogens is 1. The van der Waals surface area contributed by atoms with E-state index in [-0.39, 0.29) is 0 Å². The Hall–Kier alpha value is -3.19. The lowest BCUT2D eigenvalue weighted by molar-refractivity contribution is -0.115. The third-order valence-electron chi connectivity index (χ3n) is 4.22. The number of carbonyl (C=O) groups is 1. The first-order valence-electron chi connectivity index (χ1n) is 7.94. The molecule has 2 aromatic heterocycles. The Balaban J connectivity index is 1.88. The van der Waals surface area contributed by atoms with Gasteiger partial charge in [0.15, 0.2) is 5.82 Å². The van der Waals surface area contributed by atoms with Crippen molar-refractivity contribution in [1.29, 1.82) is 0 Å². The first-order chi connectivity index (χ1) is 12.5. The van der Waals surface area contributed by atoms with Crippen molar-refractivity contribution in [1.82, 2.24) is 19.7 Å². The third kappa shape index (κ3) is 2.72. The summed E-state index contributed by atoms with van der Waals surface area (Å²) in [6, 6.07) is 10.4. The van der Waals surface area contributed by atoms with Gasteiger partial charge in [0.05, 0.1) is 5.57 Å². The molecule has 3 N–H and O–H groups in total. The van der Waals surface area contributed by atoms with E-state index in [1.54, 1.807) is 36.1 Å². The molecular formula is C18H15ClN6O. The van der Waals surface area contributed by atoms with Crippen LogP contribution in [0.5, 0.6) is 0 Å². The molecule has 0 fully saturated rings. The summed E-state index contributed by atoms with van der Waals surface area (Å²) in [5, 5.41) is 8.32. The molecule has 1 amide bonds. The van der Waals surface area contributed by atoms with Crippen LogP contribution in [0, 0.1) is 0 Å². The molecule has 7 nitrogen and oxygen atoms in total. The zero-order chi connectivity index (χ0) is 18.3. The number of carbonyl (C=O) groups excluding carboxylic acids is 1. The van der Waals surface area contributed by atoms with Gasteiger partial charge < -0.3 is 11.1 Å². The summed E-state index contributed by atoms with van der Waals surface area (Å²) in [5.41, 5.74) is 8.36. The maximum absolute atomic E-state index is 12.1. The van der Waals surface area contributed by atoms with Crippen LogP contribution >= 0.6 is 11.6 Å². The van der Waals surface area contributed by atoms with Crippen molar-refractivity contribution >= 4 is 23.5 Å². The van der Waals surface area contributed by atoms with Gasteiger partial charge in [0, 0.05) is 28.7 Å². The number of nitrogens with one attached hydrogen (secondary N) is 1. The van der Waals surface area contributed by atoms with Crippen LogP contribution in [-0.2, 0) is 4.79 Å². The summed E-state index contributed by atoms with van der Waals surface area (Å²) >= 11 is 6.00. The van der Waals surface area contributed by atoms with Gasteiger partial charge in [0.25, 0.3) is 0 Å². The summed E-state index contributed by atoms with van der Waals surface area (Å²) in [4.78, 5) is 20.8. The van der Waals surface area contributed by atoms with Crippen LogP contribution in [0.1, 0.15) is 18.5 Å². The summed E-state index contributed by atoms with van der Waals surface area (Å²) < 4.78 is 1.67. The Bertz CT molecular complexity index is 1010. The van der Waals surface area contributed by atoms with Crippen LogP contribution in [0.25, 0.3) is 11.4 Å². The molecule has 0 radical (unpaired) electrons. The predicted octanol–water partition coefficient (Wildman–Crippen LogP) is 2.77. The molecule has 0 aliphatic carbocycles. The van der Waals surface area contributed by atoms with Crippen LogP contribution < -0.4 is 11.1 Å². The van der Waals surface area contributed by atoms with E-state index in [0.29, 0.717) is 28.1 Å². The first-order valence-corrected chi connectivity index (χ1v) is 8.32. The number of allylic oxidation sites excluding steroid dienone is 1. The number of pyridine rings is 1. The van der Waals surface area contributed by atoms with Crippen molar-refractivity contribution in [3.8, 4) is 11.4 Å². The van der Waals surface area contributed by atoms with Gasteiger partial charge in [-0.2, -0.15) is 4.98 Å². The van der Waals surface area contributed by atoms with Gasteiger partial charge in [0.2, 0.25) is 11.9 Å². The summed E-state index contributed by atoms with van der Waals surface area (Å²) in [7, 11) is 0. The lowest BCUT2D eigenvalue weighted by atomic mass is 9.95.